The van der Waals surface area contributed by atoms with E-state index in [4.69, 9.17) is 23.2 Å². The topological polar surface area (TPSA) is 45.2 Å². The Kier molecular flexibility index (Phi) is 6.27. The zero-order valence-corrected chi connectivity index (χ0v) is 13.8. The Bertz CT molecular complexity index is 488. The highest BCUT2D eigenvalue weighted by Crippen LogP contribution is 2.18. The van der Waals surface area contributed by atoms with Crippen LogP contribution in [-0.4, -0.2) is 41.5 Å². The van der Waals surface area contributed by atoms with E-state index in [2.05, 4.69) is 22.1 Å². The van der Waals surface area contributed by atoms with Crippen molar-refractivity contribution >= 4 is 29.1 Å². The standard InChI is InChI=1S/C15H21Cl2N3O/c1-2-3-8-20-9-6-11(7-10-20)18-15(21)14-12(16)4-5-13(17)19-14/h4-5,11H,2-3,6-10H2,1H3,(H,18,21). The summed E-state index contributed by atoms with van der Waals surface area (Å²) in [6.07, 6.45) is 4.38. The highest BCUT2D eigenvalue weighted by atomic mass is 35.5. The summed E-state index contributed by atoms with van der Waals surface area (Å²) in [6.45, 7) is 5.41. The summed E-state index contributed by atoms with van der Waals surface area (Å²) >= 11 is 11.8. The van der Waals surface area contributed by atoms with Crippen molar-refractivity contribution in [2.45, 2.75) is 38.6 Å². The van der Waals surface area contributed by atoms with Crippen LogP contribution in [0.25, 0.3) is 0 Å². The van der Waals surface area contributed by atoms with Crippen molar-refractivity contribution < 1.29 is 4.79 Å². The third-order valence-corrected chi connectivity index (χ3v) is 4.29. The SMILES string of the molecule is CCCCN1CCC(NC(=O)c2nc(Cl)ccc2Cl)CC1. The number of nitrogens with one attached hydrogen (secondary N) is 1. The third kappa shape index (κ3) is 4.83. The summed E-state index contributed by atoms with van der Waals surface area (Å²) in [4.78, 5) is 18.7. The first-order chi connectivity index (χ1) is 10.1. The monoisotopic (exact) mass is 329 g/mol. The van der Waals surface area contributed by atoms with Gasteiger partial charge in [0.25, 0.3) is 5.91 Å². The number of carbonyl (C=O) groups is 1. The normalized spacial score (nSPS) is 16.9. The van der Waals surface area contributed by atoms with Crippen LogP contribution in [0.5, 0.6) is 0 Å². The molecule has 1 aromatic rings. The van der Waals surface area contributed by atoms with E-state index in [1.165, 1.54) is 12.8 Å². The second-order valence-electron chi connectivity index (χ2n) is 5.41. The summed E-state index contributed by atoms with van der Waals surface area (Å²) in [5, 5.41) is 3.62. The molecule has 2 heterocycles. The van der Waals surface area contributed by atoms with Crippen LogP contribution < -0.4 is 5.32 Å². The summed E-state index contributed by atoms with van der Waals surface area (Å²) in [5.74, 6) is -0.241. The molecule has 0 spiro atoms. The second kappa shape index (κ2) is 7.97. The molecule has 0 aliphatic carbocycles. The zero-order valence-electron chi connectivity index (χ0n) is 12.2. The fourth-order valence-electron chi connectivity index (χ4n) is 2.51. The zero-order chi connectivity index (χ0) is 15.2. The Hall–Kier alpha value is -0.840. The number of piperidine rings is 1. The van der Waals surface area contributed by atoms with E-state index in [-0.39, 0.29) is 22.8 Å². The molecule has 1 fully saturated rings. The lowest BCUT2D eigenvalue weighted by Gasteiger charge is -2.32. The van der Waals surface area contributed by atoms with Crippen LogP contribution in [0.1, 0.15) is 43.1 Å². The van der Waals surface area contributed by atoms with Crippen molar-refractivity contribution in [3.8, 4) is 0 Å². The maximum atomic E-state index is 12.2. The van der Waals surface area contributed by atoms with Gasteiger partial charge >= 0.3 is 0 Å². The van der Waals surface area contributed by atoms with Gasteiger partial charge in [-0.3, -0.25) is 4.79 Å². The molecular weight excluding hydrogens is 309 g/mol. The van der Waals surface area contributed by atoms with Crippen LogP contribution in [0.15, 0.2) is 12.1 Å². The molecule has 0 saturated carbocycles. The smallest absolute Gasteiger partial charge is 0.271 e. The highest BCUT2D eigenvalue weighted by molar-refractivity contribution is 6.34. The van der Waals surface area contributed by atoms with Gasteiger partial charge in [-0.25, -0.2) is 4.98 Å². The first-order valence-electron chi connectivity index (χ1n) is 7.45. The van der Waals surface area contributed by atoms with Gasteiger partial charge in [0.05, 0.1) is 5.02 Å². The lowest BCUT2D eigenvalue weighted by molar-refractivity contribution is 0.0906. The minimum Gasteiger partial charge on any atom is -0.348 e. The number of amides is 1. The molecule has 6 heteroatoms. The van der Waals surface area contributed by atoms with Gasteiger partial charge in [-0.1, -0.05) is 36.5 Å². The van der Waals surface area contributed by atoms with Gasteiger partial charge in [-0.2, -0.15) is 0 Å². The molecule has 1 amide bonds. The predicted molar refractivity (Wildman–Crippen MR) is 86.1 cm³/mol. The second-order valence-corrected chi connectivity index (χ2v) is 6.20. The van der Waals surface area contributed by atoms with Crippen molar-refractivity contribution in [3.63, 3.8) is 0 Å². The van der Waals surface area contributed by atoms with E-state index < -0.39 is 0 Å². The van der Waals surface area contributed by atoms with E-state index in [0.717, 1.165) is 32.5 Å². The highest BCUT2D eigenvalue weighted by Gasteiger charge is 2.22. The third-order valence-electron chi connectivity index (χ3n) is 3.78. The number of pyridine rings is 1. The maximum absolute atomic E-state index is 12.2. The first-order valence-corrected chi connectivity index (χ1v) is 8.21. The van der Waals surface area contributed by atoms with Crippen LogP contribution >= 0.6 is 23.2 Å². The average Bonchev–Trinajstić information content (AvgIpc) is 2.49. The van der Waals surface area contributed by atoms with Crippen LogP contribution in [0.2, 0.25) is 10.2 Å². The van der Waals surface area contributed by atoms with Gasteiger partial charge in [-0.15, -0.1) is 0 Å². The number of halogens is 2. The van der Waals surface area contributed by atoms with Gasteiger partial charge in [0.1, 0.15) is 10.8 Å². The van der Waals surface area contributed by atoms with Crippen molar-refractivity contribution in [2.75, 3.05) is 19.6 Å². The number of likely N-dealkylation sites (tertiary alicyclic amines) is 1. The van der Waals surface area contributed by atoms with Crippen LogP contribution in [-0.2, 0) is 0 Å². The molecule has 21 heavy (non-hydrogen) atoms. The van der Waals surface area contributed by atoms with Crippen molar-refractivity contribution in [3.05, 3.63) is 28.0 Å². The fraction of sp³-hybridized carbons (Fsp3) is 0.600. The molecule has 0 unspecified atom stereocenters. The molecule has 1 aliphatic heterocycles. The Labute approximate surface area is 135 Å². The minimum absolute atomic E-state index is 0.187. The number of nitrogens with zero attached hydrogens (tertiary/aromatic N) is 2. The number of aromatic nitrogens is 1. The van der Waals surface area contributed by atoms with E-state index in [0.29, 0.717) is 5.02 Å². The molecule has 0 bridgehead atoms. The summed E-state index contributed by atoms with van der Waals surface area (Å²) in [7, 11) is 0. The van der Waals surface area contributed by atoms with Crippen molar-refractivity contribution in [1.82, 2.24) is 15.2 Å². The average molecular weight is 330 g/mol. The molecular formula is C15H21Cl2N3O. The van der Waals surface area contributed by atoms with Gasteiger partial charge in [0.15, 0.2) is 0 Å². The quantitative estimate of drug-likeness (QED) is 0.842. The van der Waals surface area contributed by atoms with Gasteiger partial charge in [0, 0.05) is 19.1 Å². The van der Waals surface area contributed by atoms with Crippen molar-refractivity contribution in [2.24, 2.45) is 0 Å². The van der Waals surface area contributed by atoms with Crippen LogP contribution in [0.4, 0.5) is 0 Å². The Morgan fingerprint density at radius 1 is 1.38 bits per heavy atom. The molecule has 0 radical (unpaired) electrons. The summed E-state index contributed by atoms with van der Waals surface area (Å²) in [6, 6.07) is 3.36. The minimum atomic E-state index is -0.241. The number of hydrogen-bond acceptors (Lipinski definition) is 3. The molecule has 1 saturated heterocycles. The van der Waals surface area contributed by atoms with E-state index in [1.807, 2.05) is 0 Å². The Balaban J connectivity index is 1.85. The van der Waals surface area contributed by atoms with E-state index >= 15 is 0 Å². The van der Waals surface area contributed by atoms with E-state index in [1.54, 1.807) is 12.1 Å². The molecule has 0 aromatic carbocycles. The van der Waals surface area contributed by atoms with Gasteiger partial charge in [0.2, 0.25) is 0 Å². The number of carbonyl (C=O) groups excluding carboxylic acids is 1. The number of hydrogen-bond donors (Lipinski definition) is 1. The largest absolute Gasteiger partial charge is 0.348 e. The van der Waals surface area contributed by atoms with Gasteiger partial charge in [-0.05, 0) is 37.9 Å². The van der Waals surface area contributed by atoms with Crippen LogP contribution in [0.3, 0.4) is 0 Å². The number of rotatable bonds is 5. The molecule has 1 aromatic heterocycles. The lowest BCUT2D eigenvalue weighted by atomic mass is 10.0. The fourth-order valence-corrected chi connectivity index (χ4v) is 2.85. The summed E-state index contributed by atoms with van der Waals surface area (Å²) < 4.78 is 0. The van der Waals surface area contributed by atoms with Gasteiger partial charge < -0.3 is 10.2 Å². The Morgan fingerprint density at radius 2 is 2.10 bits per heavy atom. The molecule has 116 valence electrons. The number of unbranched alkanes of at least 4 members (excludes halogenated alkanes) is 1. The van der Waals surface area contributed by atoms with Crippen LogP contribution in [0, 0.1) is 0 Å². The molecule has 0 atom stereocenters. The maximum Gasteiger partial charge on any atom is 0.271 e. The molecule has 4 nitrogen and oxygen atoms in total. The summed E-state index contributed by atoms with van der Waals surface area (Å²) in [5.41, 5.74) is 0.206. The molecule has 2 rings (SSSR count). The predicted octanol–water partition coefficient (Wildman–Crippen LogP) is 3.38. The Morgan fingerprint density at radius 3 is 2.76 bits per heavy atom. The van der Waals surface area contributed by atoms with Crippen molar-refractivity contribution in [1.29, 1.82) is 0 Å². The lowest BCUT2D eigenvalue weighted by Crippen LogP contribution is -2.45. The molecule has 1 N–H and O–H groups in total. The molecule has 1 aliphatic rings. The van der Waals surface area contributed by atoms with E-state index in [9.17, 15) is 4.79 Å². The first kappa shape index (κ1) is 16.5.